The molecule has 0 aliphatic heterocycles. The lowest BCUT2D eigenvalue weighted by Crippen LogP contribution is -2.14. The Labute approximate surface area is 119 Å². The van der Waals surface area contributed by atoms with Crippen molar-refractivity contribution in [1.82, 2.24) is 0 Å². The fraction of sp³-hybridized carbons (Fsp3) is 0.133. The second-order valence-electron chi connectivity index (χ2n) is 4.33. The first-order chi connectivity index (χ1) is 9.00. The van der Waals surface area contributed by atoms with Gasteiger partial charge in [-0.15, -0.1) is 0 Å². The average molecular weight is 322 g/mol. The van der Waals surface area contributed by atoms with Gasteiger partial charge in [-0.3, -0.25) is 4.79 Å². The lowest BCUT2D eigenvalue weighted by Gasteiger charge is -2.10. The highest BCUT2D eigenvalue weighted by atomic mass is 79.9. The van der Waals surface area contributed by atoms with E-state index >= 15 is 0 Å². The van der Waals surface area contributed by atoms with Gasteiger partial charge in [0.1, 0.15) is 5.82 Å². The third-order valence-corrected chi connectivity index (χ3v) is 3.93. The summed E-state index contributed by atoms with van der Waals surface area (Å²) in [6.45, 7) is 3.56. The highest BCUT2D eigenvalue weighted by molar-refractivity contribution is 9.10. The number of hydrogen-bond acceptors (Lipinski definition) is 1. The Morgan fingerprint density at radius 2 is 1.74 bits per heavy atom. The minimum Gasteiger partial charge on any atom is -0.321 e. The van der Waals surface area contributed by atoms with E-state index in [2.05, 4.69) is 21.2 Å². The van der Waals surface area contributed by atoms with Crippen LogP contribution in [0.3, 0.4) is 0 Å². The monoisotopic (exact) mass is 321 g/mol. The summed E-state index contributed by atoms with van der Waals surface area (Å²) in [5, 5.41) is 2.71. The second-order valence-corrected chi connectivity index (χ2v) is 5.12. The molecule has 0 heterocycles. The van der Waals surface area contributed by atoms with Crippen molar-refractivity contribution < 1.29 is 9.18 Å². The van der Waals surface area contributed by atoms with Crippen molar-refractivity contribution in [2.45, 2.75) is 13.8 Å². The third kappa shape index (κ3) is 2.84. The third-order valence-electron chi connectivity index (χ3n) is 2.88. The average Bonchev–Trinajstić information content (AvgIpc) is 2.38. The Bertz CT molecular complexity index is 640. The van der Waals surface area contributed by atoms with Crippen LogP contribution in [0.2, 0.25) is 0 Å². The molecule has 0 aromatic heterocycles. The van der Waals surface area contributed by atoms with Crippen molar-refractivity contribution >= 4 is 27.5 Å². The molecule has 19 heavy (non-hydrogen) atoms. The first-order valence-corrected chi connectivity index (χ1v) is 6.61. The van der Waals surface area contributed by atoms with Crippen molar-refractivity contribution in [3.8, 4) is 0 Å². The summed E-state index contributed by atoms with van der Waals surface area (Å²) in [5.41, 5.74) is 2.14. The Morgan fingerprint density at radius 3 is 2.47 bits per heavy atom. The van der Waals surface area contributed by atoms with Gasteiger partial charge in [-0.05, 0) is 53.0 Å². The van der Waals surface area contributed by atoms with Gasteiger partial charge < -0.3 is 5.32 Å². The number of hydrogen-bond donors (Lipinski definition) is 1. The molecule has 0 saturated carbocycles. The molecule has 2 nitrogen and oxygen atoms in total. The summed E-state index contributed by atoms with van der Waals surface area (Å²) >= 11 is 3.41. The summed E-state index contributed by atoms with van der Waals surface area (Å²) in [5.74, 6) is -0.934. The number of nitrogens with one attached hydrogen (secondary N) is 1. The maximum atomic E-state index is 13.9. The van der Waals surface area contributed by atoms with E-state index in [1.54, 1.807) is 25.1 Å². The smallest absolute Gasteiger partial charge is 0.258 e. The molecule has 0 atom stereocenters. The number of anilines is 1. The van der Waals surface area contributed by atoms with E-state index in [0.717, 1.165) is 10.0 Å². The van der Waals surface area contributed by atoms with Crippen molar-refractivity contribution in [3.63, 3.8) is 0 Å². The zero-order valence-electron chi connectivity index (χ0n) is 10.6. The van der Waals surface area contributed by atoms with E-state index in [4.69, 9.17) is 0 Å². The van der Waals surface area contributed by atoms with E-state index in [1.165, 1.54) is 6.07 Å². The molecule has 0 radical (unpaired) electrons. The SMILES string of the molecule is Cc1cccc(C(=O)Nc2cccc(C)c2Br)c1F. The van der Waals surface area contributed by atoms with Crippen molar-refractivity contribution in [1.29, 1.82) is 0 Å². The topological polar surface area (TPSA) is 29.1 Å². The molecule has 0 unspecified atom stereocenters. The van der Waals surface area contributed by atoms with Gasteiger partial charge in [-0.25, -0.2) is 4.39 Å². The van der Waals surface area contributed by atoms with Crippen LogP contribution in [0.15, 0.2) is 40.9 Å². The molecular formula is C15H13BrFNO. The molecule has 0 fully saturated rings. The van der Waals surface area contributed by atoms with Crippen LogP contribution >= 0.6 is 15.9 Å². The van der Waals surface area contributed by atoms with Gasteiger partial charge in [0.15, 0.2) is 0 Å². The molecular weight excluding hydrogens is 309 g/mol. The molecule has 2 rings (SSSR count). The van der Waals surface area contributed by atoms with Crippen LogP contribution in [-0.4, -0.2) is 5.91 Å². The van der Waals surface area contributed by atoms with Crippen LogP contribution < -0.4 is 5.32 Å². The summed E-state index contributed by atoms with van der Waals surface area (Å²) < 4.78 is 14.7. The zero-order chi connectivity index (χ0) is 14.0. The molecule has 0 spiro atoms. The summed E-state index contributed by atoms with van der Waals surface area (Å²) in [7, 11) is 0. The number of rotatable bonds is 2. The number of halogens is 2. The van der Waals surface area contributed by atoms with Crippen molar-refractivity contribution in [2.24, 2.45) is 0 Å². The van der Waals surface area contributed by atoms with Gasteiger partial charge in [0.2, 0.25) is 0 Å². The van der Waals surface area contributed by atoms with E-state index < -0.39 is 11.7 Å². The van der Waals surface area contributed by atoms with Gasteiger partial charge in [-0.2, -0.15) is 0 Å². The van der Waals surface area contributed by atoms with Crippen LogP contribution in [0.5, 0.6) is 0 Å². The molecule has 0 saturated heterocycles. The number of carbonyl (C=O) groups excluding carboxylic acids is 1. The van der Waals surface area contributed by atoms with E-state index in [9.17, 15) is 9.18 Å². The van der Waals surface area contributed by atoms with Crippen LogP contribution in [0.4, 0.5) is 10.1 Å². The highest BCUT2D eigenvalue weighted by Crippen LogP contribution is 2.26. The molecule has 1 amide bonds. The zero-order valence-corrected chi connectivity index (χ0v) is 12.2. The van der Waals surface area contributed by atoms with Crippen LogP contribution in [0.25, 0.3) is 0 Å². The lowest BCUT2D eigenvalue weighted by molar-refractivity contribution is 0.102. The van der Waals surface area contributed by atoms with E-state index in [-0.39, 0.29) is 5.56 Å². The first-order valence-electron chi connectivity index (χ1n) is 5.82. The highest BCUT2D eigenvalue weighted by Gasteiger charge is 2.14. The predicted molar refractivity (Wildman–Crippen MR) is 78.0 cm³/mol. The number of benzene rings is 2. The maximum absolute atomic E-state index is 13.9. The first kappa shape index (κ1) is 13.7. The van der Waals surface area contributed by atoms with Crippen LogP contribution in [0.1, 0.15) is 21.5 Å². The summed E-state index contributed by atoms with van der Waals surface area (Å²) in [4.78, 5) is 12.1. The molecule has 2 aromatic rings. The molecule has 0 aliphatic rings. The fourth-order valence-corrected chi connectivity index (χ4v) is 2.12. The molecule has 0 aliphatic carbocycles. The Balaban J connectivity index is 2.31. The standard InChI is InChI=1S/C15H13BrFNO/c1-9-5-4-8-12(13(9)16)18-15(19)11-7-3-6-10(2)14(11)17/h3-8H,1-2H3,(H,18,19). The van der Waals surface area contributed by atoms with Gasteiger partial charge in [0, 0.05) is 4.47 Å². The van der Waals surface area contributed by atoms with Crippen molar-refractivity contribution in [2.75, 3.05) is 5.32 Å². The summed E-state index contributed by atoms with van der Waals surface area (Å²) in [6.07, 6.45) is 0. The predicted octanol–water partition coefficient (Wildman–Crippen LogP) is 4.46. The molecule has 98 valence electrons. The molecule has 4 heteroatoms. The largest absolute Gasteiger partial charge is 0.321 e. The Kier molecular flexibility index (Phi) is 4.00. The van der Waals surface area contributed by atoms with Crippen LogP contribution in [-0.2, 0) is 0 Å². The molecule has 0 bridgehead atoms. The normalized spacial score (nSPS) is 10.3. The Morgan fingerprint density at radius 1 is 1.11 bits per heavy atom. The quantitative estimate of drug-likeness (QED) is 0.869. The van der Waals surface area contributed by atoms with Gasteiger partial charge in [0.05, 0.1) is 11.3 Å². The van der Waals surface area contributed by atoms with Crippen molar-refractivity contribution in [3.05, 3.63) is 63.4 Å². The Hall–Kier alpha value is -1.68. The summed E-state index contributed by atoms with van der Waals surface area (Å²) in [6, 6.07) is 10.3. The van der Waals surface area contributed by atoms with Gasteiger partial charge in [0.25, 0.3) is 5.91 Å². The minimum atomic E-state index is -0.483. The minimum absolute atomic E-state index is 0.0495. The number of carbonyl (C=O) groups is 1. The number of aryl methyl sites for hydroxylation is 2. The second kappa shape index (κ2) is 5.53. The fourth-order valence-electron chi connectivity index (χ4n) is 1.76. The molecule has 1 N–H and O–H groups in total. The lowest BCUT2D eigenvalue weighted by atomic mass is 10.1. The van der Waals surface area contributed by atoms with E-state index in [1.807, 2.05) is 19.1 Å². The van der Waals surface area contributed by atoms with Crippen LogP contribution in [0, 0.1) is 19.7 Å². The number of amides is 1. The van der Waals surface area contributed by atoms with Gasteiger partial charge >= 0.3 is 0 Å². The maximum Gasteiger partial charge on any atom is 0.258 e. The molecule has 2 aromatic carbocycles. The van der Waals surface area contributed by atoms with Gasteiger partial charge in [-0.1, -0.05) is 24.3 Å². The van der Waals surface area contributed by atoms with E-state index in [0.29, 0.717) is 11.3 Å².